The van der Waals surface area contributed by atoms with E-state index >= 15 is 0 Å². The van der Waals surface area contributed by atoms with Gasteiger partial charge < -0.3 is 8.98 Å². The lowest BCUT2D eigenvalue weighted by Gasteiger charge is -2.05. The van der Waals surface area contributed by atoms with Gasteiger partial charge in [-0.3, -0.25) is 0 Å². The van der Waals surface area contributed by atoms with E-state index in [2.05, 4.69) is 32.3 Å². The lowest BCUT2D eigenvalue weighted by atomic mass is 10.2. The average Bonchev–Trinajstić information content (AvgIpc) is 3.31. The van der Waals surface area contributed by atoms with E-state index in [1.165, 1.54) is 19.3 Å². The highest BCUT2D eigenvalue weighted by Crippen LogP contribution is 2.29. The normalized spacial score (nSPS) is 14.6. The van der Waals surface area contributed by atoms with Gasteiger partial charge in [0.1, 0.15) is 27.9 Å². The minimum atomic E-state index is 0.734. The maximum atomic E-state index is 5.92. The fourth-order valence-corrected chi connectivity index (χ4v) is 4.20. The molecular weight excluding hydrogens is 332 g/mol. The summed E-state index contributed by atoms with van der Waals surface area (Å²) in [6.07, 6.45) is 5.47. The molecule has 0 amide bonds. The van der Waals surface area contributed by atoms with E-state index in [-0.39, 0.29) is 0 Å². The van der Waals surface area contributed by atoms with Crippen LogP contribution in [0.4, 0.5) is 0 Å². The van der Waals surface area contributed by atoms with Crippen molar-refractivity contribution in [2.75, 3.05) is 0 Å². The lowest BCUT2D eigenvalue weighted by Crippen LogP contribution is -2.06. The number of thiazole rings is 1. The Hall–Kier alpha value is -2.47. The number of hydrogen-bond donors (Lipinski definition) is 0. The number of aryl methyl sites for hydroxylation is 1. The van der Waals surface area contributed by atoms with Gasteiger partial charge in [-0.1, -0.05) is 24.6 Å². The van der Waals surface area contributed by atoms with Crippen molar-refractivity contribution in [3.8, 4) is 11.5 Å². The topological polar surface area (TPSA) is 56.7 Å². The summed E-state index contributed by atoms with van der Waals surface area (Å²) in [4.78, 5) is 4.77. The second-order valence-corrected chi connectivity index (χ2v) is 7.39. The Morgan fingerprint density at radius 1 is 1.12 bits per heavy atom. The Bertz CT molecular complexity index is 996. The van der Waals surface area contributed by atoms with Crippen LogP contribution in [-0.4, -0.2) is 19.7 Å². The summed E-state index contributed by atoms with van der Waals surface area (Å²) in [5.41, 5.74) is 1.79. The van der Waals surface area contributed by atoms with E-state index in [1.54, 1.807) is 11.3 Å². The molecule has 3 aromatic heterocycles. The van der Waals surface area contributed by atoms with Crippen molar-refractivity contribution < 1.29 is 4.42 Å². The van der Waals surface area contributed by atoms with Gasteiger partial charge in [0, 0.05) is 23.7 Å². The van der Waals surface area contributed by atoms with Crippen molar-refractivity contribution in [2.45, 2.75) is 38.6 Å². The first-order valence-electron chi connectivity index (χ1n) is 8.71. The quantitative estimate of drug-likeness (QED) is 0.547. The minimum Gasteiger partial charge on any atom is -0.454 e. The third-order valence-corrected chi connectivity index (χ3v) is 5.57. The van der Waals surface area contributed by atoms with E-state index < -0.39 is 0 Å². The number of nitrogens with zero attached hydrogens (tertiary/aromatic N) is 4. The molecule has 0 saturated heterocycles. The maximum Gasteiger partial charge on any atom is 0.154 e. The van der Waals surface area contributed by atoms with Crippen molar-refractivity contribution in [3.63, 3.8) is 0 Å². The molecular formula is C19H18N4OS. The van der Waals surface area contributed by atoms with Crippen LogP contribution in [0.5, 0.6) is 0 Å². The molecule has 1 aliphatic rings. The van der Waals surface area contributed by atoms with Gasteiger partial charge in [0.2, 0.25) is 0 Å². The summed E-state index contributed by atoms with van der Waals surface area (Å²) < 4.78 is 8.21. The molecule has 0 spiro atoms. The minimum absolute atomic E-state index is 0.734. The fraction of sp³-hybridized carbons (Fsp3) is 0.316. The van der Waals surface area contributed by atoms with Gasteiger partial charge in [0.05, 0.1) is 6.42 Å². The highest BCUT2D eigenvalue weighted by molar-refractivity contribution is 7.10. The van der Waals surface area contributed by atoms with Gasteiger partial charge in [-0.25, -0.2) is 4.98 Å². The summed E-state index contributed by atoms with van der Waals surface area (Å²) in [5.74, 6) is 2.98. The summed E-state index contributed by atoms with van der Waals surface area (Å²) in [6, 6.07) is 10.1. The average molecular weight is 350 g/mol. The van der Waals surface area contributed by atoms with Crippen molar-refractivity contribution in [1.82, 2.24) is 19.7 Å². The first kappa shape index (κ1) is 14.8. The molecule has 1 aliphatic heterocycles. The van der Waals surface area contributed by atoms with Crippen LogP contribution < -0.4 is 0 Å². The summed E-state index contributed by atoms with van der Waals surface area (Å²) >= 11 is 1.66. The van der Waals surface area contributed by atoms with Crippen LogP contribution in [-0.2, 0) is 19.4 Å². The molecule has 6 heteroatoms. The number of para-hydroxylation sites is 1. The van der Waals surface area contributed by atoms with Gasteiger partial charge in [-0.05, 0) is 25.0 Å². The monoisotopic (exact) mass is 350 g/mol. The van der Waals surface area contributed by atoms with E-state index in [0.717, 1.165) is 58.5 Å². The Labute approximate surface area is 149 Å². The molecule has 0 unspecified atom stereocenters. The molecule has 4 heterocycles. The first-order valence-corrected chi connectivity index (χ1v) is 9.59. The predicted octanol–water partition coefficient (Wildman–Crippen LogP) is 4.47. The molecule has 126 valence electrons. The Kier molecular flexibility index (Phi) is 3.63. The SMILES string of the molecule is c1ccc2oc(-c3csc(Cc4nnc5n4CCCCC5)n3)cc2c1. The molecule has 5 rings (SSSR count). The zero-order valence-electron chi connectivity index (χ0n) is 13.8. The Balaban J connectivity index is 1.42. The molecule has 0 fully saturated rings. The van der Waals surface area contributed by atoms with Gasteiger partial charge in [0.25, 0.3) is 0 Å². The van der Waals surface area contributed by atoms with Gasteiger partial charge in [-0.15, -0.1) is 21.5 Å². The number of benzene rings is 1. The second kappa shape index (κ2) is 6.11. The third-order valence-electron chi connectivity index (χ3n) is 4.73. The predicted molar refractivity (Wildman–Crippen MR) is 97.7 cm³/mol. The van der Waals surface area contributed by atoms with Crippen LogP contribution in [0.3, 0.4) is 0 Å². The number of hydrogen-bond acceptors (Lipinski definition) is 5. The molecule has 5 nitrogen and oxygen atoms in total. The maximum absolute atomic E-state index is 5.92. The van der Waals surface area contributed by atoms with Crippen LogP contribution in [0.15, 0.2) is 40.1 Å². The zero-order valence-corrected chi connectivity index (χ0v) is 14.6. The van der Waals surface area contributed by atoms with E-state index in [9.17, 15) is 0 Å². The highest BCUT2D eigenvalue weighted by atomic mass is 32.1. The molecule has 0 atom stereocenters. The van der Waals surface area contributed by atoms with Crippen molar-refractivity contribution in [3.05, 3.63) is 52.4 Å². The number of fused-ring (bicyclic) bond motifs is 2. The highest BCUT2D eigenvalue weighted by Gasteiger charge is 2.17. The Morgan fingerprint density at radius 3 is 3.04 bits per heavy atom. The van der Waals surface area contributed by atoms with Crippen LogP contribution in [0.2, 0.25) is 0 Å². The van der Waals surface area contributed by atoms with Crippen LogP contribution in [0.25, 0.3) is 22.4 Å². The molecule has 0 aliphatic carbocycles. The smallest absolute Gasteiger partial charge is 0.154 e. The molecule has 0 radical (unpaired) electrons. The third kappa shape index (κ3) is 2.76. The standard InChI is InChI=1S/C19H18N4OS/c1-2-8-17-21-22-18(23(17)9-5-1)11-19-20-14(12-25-19)16-10-13-6-3-4-7-15(13)24-16/h3-4,6-7,10,12H,1-2,5,8-9,11H2. The van der Waals surface area contributed by atoms with Crippen molar-refractivity contribution in [1.29, 1.82) is 0 Å². The number of aromatic nitrogens is 4. The first-order chi connectivity index (χ1) is 12.4. The molecule has 0 saturated carbocycles. The zero-order chi connectivity index (χ0) is 16.6. The molecule has 0 bridgehead atoms. The number of rotatable bonds is 3. The van der Waals surface area contributed by atoms with Crippen molar-refractivity contribution in [2.24, 2.45) is 0 Å². The van der Waals surface area contributed by atoms with Gasteiger partial charge in [-0.2, -0.15) is 0 Å². The largest absolute Gasteiger partial charge is 0.454 e. The molecule has 0 N–H and O–H groups in total. The van der Waals surface area contributed by atoms with E-state index in [1.807, 2.05) is 18.2 Å². The molecule has 25 heavy (non-hydrogen) atoms. The van der Waals surface area contributed by atoms with Crippen LogP contribution in [0.1, 0.15) is 35.9 Å². The Morgan fingerprint density at radius 2 is 2.08 bits per heavy atom. The van der Waals surface area contributed by atoms with Crippen molar-refractivity contribution >= 4 is 22.3 Å². The lowest BCUT2D eigenvalue weighted by molar-refractivity contribution is 0.611. The summed E-state index contributed by atoms with van der Waals surface area (Å²) in [5, 5.41) is 13.0. The van der Waals surface area contributed by atoms with Crippen LogP contribution in [0, 0.1) is 0 Å². The van der Waals surface area contributed by atoms with E-state index in [0.29, 0.717) is 0 Å². The number of furan rings is 1. The summed E-state index contributed by atoms with van der Waals surface area (Å²) in [6.45, 7) is 1.03. The molecule has 1 aromatic carbocycles. The van der Waals surface area contributed by atoms with E-state index in [4.69, 9.17) is 9.40 Å². The molecule has 4 aromatic rings. The summed E-state index contributed by atoms with van der Waals surface area (Å²) in [7, 11) is 0. The van der Waals surface area contributed by atoms with Gasteiger partial charge >= 0.3 is 0 Å². The van der Waals surface area contributed by atoms with Crippen LogP contribution >= 0.6 is 11.3 Å². The second-order valence-electron chi connectivity index (χ2n) is 6.45. The fourth-order valence-electron chi connectivity index (χ4n) is 3.42. The van der Waals surface area contributed by atoms with Gasteiger partial charge in [0.15, 0.2) is 5.76 Å².